The van der Waals surface area contributed by atoms with Gasteiger partial charge in [0, 0.05) is 0 Å². The van der Waals surface area contributed by atoms with Crippen LogP contribution < -0.4 is 0 Å². The third-order valence-corrected chi connectivity index (χ3v) is 4.30. The highest BCUT2D eigenvalue weighted by Gasteiger charge is 2.33. The molecule has 0 spiro atoms. The van der Waals surface area contributed by atoms with Crippen molar-refractivity contribution >= 4 is 0 Å². The average Bonchev–Trinajstić information content (AvgIpc) is 2.65. The van der Waals surface area contributed by atoms with Crippen LogP contribution in [0.5, 0.6) is 0 Å². The number of hydrogen-bond donors (Lipinski definition) is 0. The highest BCUT2D eigenvalue weighted by Crippen LogP contribution is 2.46. The number of hydrogen-bond acceptors (Lipinski definition) is 0. The quantitative estimate of drug-likeness (QED) is 0.543. The van der Waals surface area contributed by atoms with Gasteiger partial charge in [0.1, 0.15) is 0 Å². The van der Waals surface area contributed by atoms with Gasteiger partial charge in [0.25, 0.3) is 0 Å². The van der Waals surface area contributed by atoms with Crippen LogP contribution in [0.4, 0.5) is 0 Å². The Morgan fingerprint density at radius 2 is 1.86 bits per heavy atom. The molecule has 0 amide bonds. The van der Waals surface area contributed by atoms with Gasteiger partial charge in [-0.3, -0.25) is 0 Å². The largest absolute Gasteiger partial charge is 0.0996 e. The predicted octanol–water partition coefficient (Wildman–Crippen LogP) is 4.95. The van der Waals surface area contributed by atoms with E-state index in [1.54, 1.807) is 0 Å². The molecule has 1 aliphatic rings. The molecule has 0 aromatic carbocycles. The minimum Gasteiger partial charge on any atom is -0.0996 e. The Morgan fingerprint density at radius 1 is 1.29 bits per heavy atom. The Hall–Kier alpha value is -0.260. The minimum atomic E-state index is 0.678. The Morgan fingerprint density at radius 3 is 2.29 bits per heavy atom. The van der Waals surface area contributed by atoms with Gasteiger partial charge in [-0.15, -0.1) is 0 Å². The van der Waals surface area contributed by atoms with Crippen molar-refractivity contribution in [3.63, 3.8) is 0 Å². The van der Waals surface area contributed by atoms with Gasteiger partial charge >= 0.3 is 0 Å². The van der Waals surface area contributed by atoms with Crippen LogP contribution in [0.1, 0.15) is 65.7 Å². The summed E-state index contributed by atoms with van der Waals surface area (Å²) >= 11 is 0. The molecule has 1 aliphatic carbocycles. The van der Waals surface area contributed by atoms with E-state index in [-0.39, 0.29) is 0 Å². The molecule has 1 saturated carbocycles. The van der Waals surface area contributed by atoms with Gasteiger partial charge in [-0.05, 0) is 37.0 Å². The molecule has 1 fully saturated rings. The Balaban J connectivity index is 2.51. The van der Waals surface area contributed by atoms with E-state index < -0.39 is 0 Å². The van der Waals surface area contributed by atoms with E-state index in [1.807, 2.05) is 0 Å². The van der Waals surface area contributed by atoms with Crippen LogP contribution in [0, 0.1) is 11.3 Å². The lowest BCUT2D eigenvalue weighted by Crippen LogP contribution is -2.19. The number of allylic oxidation sites excluding steroid dienone is 1. The van der Waals surface area contributed by atoms with Crippen molar-refractivity contribution in [3.8, 4) is 0 Å². The molecule has 0 N–H and O–H groups in total. The fourth-order valence-corrected chi connectivity index (χ4v) is 2.97. The Kier molecular flexibility index (Phi) is 4.22. The molecule has 82 valence electrons. The van der Waals surface area contributed by atoms with Crippen molar-refractivity contribution in [1.82, 2.24) is 0 Å². The summed E-state index contributed by atoms with van der Waals surface area (Å²) in [7, 11) is 0. The average molecular weight is 194 g/mol. The summed E-state index contributed by atoms with van der Waals surface area (Å²) in [5.74, 6) is 0.734. The maximum Gasteiger partial charge on any atom is -0.0229 e. The molecular weight excluding hydrogens is 168 g/mol. The molecule has 0 radical (unpaired) electrons. The zero-order valence-electron chi connectivity index (χ0n) is 10.2. The van der Waals surface area contributed by atoms with E-state index >= 15 is 0 Å². The zero-order chi connectivity index (χ0) is 10.6. The monoisotopic (exact) mass is 194 g/mol. The summed E-state index contributed by atoms with van der Waals surface area (Å²) in [6.45, 7) is 11.1. The van der Waals surface area contributed by atoms with Gasteiger partial charge in [-0.1, -0.05) is 52.2 Å². The van der Waals surface area contributed by atoms with Crippen LogP contribution in [0.2, 0.25) is 0 Å². The van der Waals surface area contributed by atoms with E-state index in [0.717, 1.165) is 12.3 Å². The minimum absolute atomic E-state index is 0.678. The normalized spacial score (nSPS) is 22.2. The van der Waals surface area contributed by atoms with Crippen molar-refractivity contribution < 1.29 is 0 Å². The van der Waals surface area contributed by atoms with Crippen LogP contribution in [0.25, 0.3) is 0 Å². The standard InChI is InChI=1S/C14H26/c1-5-12(3)13(4)11-14(6-2)9-7-8-10-14/h13H,3,5-11H2,1-2,4H3. The predicted molar refractivity (Wildman–Crippen MR) is 64.4 cm³/mol. The highest BCUT2D eigenvalue weighted by molar-refractivity contribution is 5.00. The van der Waals surface area contributed by atoms with Gasteiger partial charge in [0.2, 0.25) is 0 Å². The van der Waals surface area contributed by atoms with Gasteiger partial charge in [-0.25, -0.2) is 0 Å². The maximum atomic E-state index is 4.18. The van der Waals surface area contributed by atoms with Crippen molar-refractivity contribution in [2.45, 2.75) is 65.7 Å². The molecule has 0 heteroatoms. The first-order valence-corrected chi connectivity index (χ1v) is 6.31. The summed E-state index contributed by atoms with van der Waals surface area (Å²) < 4.78 is 0. The second kappa shape index (κ2) is 5.00. The summed E-state index contributed by atoms with van der Waals surface area (Å²) in [6, 6.07) is 0. The number of rotatable bonds is 5. The molecule has 1 rings (SSSR count). The van der Waals surface area contributed by atoms with Crippen molar-refractivity contribution in [3.05, 3.63) is 12.2 Å². The molecule has 0 saturated heterocycles. The van der Waals surface area contributed by atoms with E-state index in [1.165, 1.54) is 44.1 Å². The SMILES string of the molecule is C=C(CC)C(C)CC1(CC)CCCC1. The third kappa shape index (κ3) is 2.62. The molecule has 0 aromatic rings. The second-order valence-corrected chi connectivity index (χ2v) is 5.18. The van der Waals surface area contributed by atoms with Gasteiger partial charge in [-0.2, -0.15) is 0 Å². The Labute approximate surface area is 89.8 Å². The van der Waals surface area contributed by atoms with Crippen LogP contribution >= 0.6 is 0 Å². The van der Waals surface area contributed by atoms with Crippen LogP contribution in [0.15, 0.2) is 12.2 Å². The summed E-state index contributed by atoms with van der Waals surface area (Å²) in [5.41, 5.74) is 2.13. The first kappa shape index (κ1) is 11.8. The lowest BCUT2D eigenvalue weighted by molar-refractivity contribution is 0.229. The van der Waals surface area contributed by atoms with E-state index in [9.17, 15) is 0 Å². The lowest BCUT2D eigenvalue weighted by Gasteiger charge is -2.31. The summed E-state index contributed by atoms with van der Waals surface area (Å²) in [5, 5.41) is 0. The first-order chi connectivity index (χ1) is 6.63. The van der Waals surface area contributed by atoms with Gasteiger partial charge < -0.3 is 0 Å². The maximum absolute atomic E-state index is 4.18. The second-order valence-electron chi connectivity index (χ2n) is 5.18. The molecule has 0 nitrogen and oxygen atoms in total. The molecule has 0 aliphatic heterocycles. The van der Waals surface area contributed by atoms with Gasteiger partial charge in [0.15, 0.2) is 0 Å². The highest BCUT2D eigenvalue weighted by atomic mass is 14.4. The molecule has 1 atom stereocenters. The zero-order valence-corrected chi connectivity index (χ0v) is 10.2. The molecule has 1 unspecified atom stereocenters. The smallest absolute Gasteiger partial charge is 0.0229 e. The van der Waals surface area contributed by atoms with Crippen LogP contribution in [-0.4, -0.2) is 0 Å². The van der Waals surface area contributed by atoms with Gasteiger partial charge in [0.05, 0.1) is 0 Å². The van der Waals surface area contributed by atoms with Crippen LogP contribution in [0.3, 0.4) is 0 Å². The third-order valence-electron chi connectivity index (χ3n) is 4.30. The first-order valence-electron chi connectivity index (χ1n) is 6.31. The van der Waals surface area contributed by atoms with E-state index in [2.05, 4.69) is 27.4 Å². The molecule has 14 heavy (non-hydrogen) atoms. The van der Waals surface area contributed by atoms with Crippen molar-refractivity contribution in [2.75, 3.05) is 0 Å². The molecule has 0 bridgehead atoms. The summed E-state index contributed by atoms with van der Waals surface area (Å²) in [6.07, 6.45) is 9.75. The fourth-order valence-electron chi connectivity index (χ4n) is 2.97. The lowest BCUT2D eigenvalue weighted by atomic mass is 9.74. The summed E-state index contributed by atoms with van der Waals surface area (Å²) in [4.78, 5) is 0. The molecular formula is C14H26. The Bertz CT molecular complexity index is 184. The molecule has 0 aromatic heterocycles. The van der Waals surface area contributed by atoms with Crippen LogP contribution in [-0.2, 0) is 0 Å². The van der Waals surface area contributed by atoms with E-state index in [4.69, 9.17) is 0 Å². The molecule has 0 heterocycles. The van der Waals surface area contributed by atoms with E-state index in [0.29, 0.717) is 5.41 Å². The van der Waals surface area contributed by atoms with Crippen molar-refractivity contribution in [1.29, 1.82) is 0 Å². The van der Waals surface area contributed by atoms with Crippen molar-refractivity contribution in [2.24, 2.45) is 11.3 Å². The topological polar surface area (TPSA) is 0 Å². The fraction of sp³-hybridized carbons (Fsp3) is 0.857.